The third-order valence-corrected chi connectivity index (χ3v) is 5.65. The lowest BCUT2D eigenvalue weighted by molar-refractivity contribution is -0.134. The lowest BCUT2D eigenvalue weighted by Crippen LogP contribution is -2.44. The summed E-state index contributed by atoms with van der Waals surface area (Å²) in [5.41, 5.74) is 1.41. The molecule has 114 valence electrons. The maximum absolute atomic E-state index is 12.9. The first kappa shape index (κ1) is 14.6. The lowest BCUT2D eigenvalue weighted by atomic mass is 9.74. The number of amides is 1. The molecular formula is C18H25NO2. The van der Waals surface area contributed by atoms with Gasteiger partial charge in [-0.05, 0) is 44.1 Å². The third kappa shape index (κ3) is 2.59. The fraction of sp³-hybridized carbons (Fsp3) is 0.611. The van der Waals surface area contributed by atoms with Crippen LogP contribution in [0.5, 0.6) is 0 Å². The van der Waals surface area contributed by atoms with Crippen molar-refractivity contribution in [2.75, 3.05) is 19.8 Å². The highest BCUT2D eigenvalue weighted by Gasteiger charge is 2.47. The van der Waals surface area contributed by atoms with Gasteiger partial charge in [-0.3, -0.25) is 4.79 Å². The number of hydrogen-bond donors (Lipinski definition) is 0. The van der Waals surface area contributed by atoms with Crippen molar-refractivity contribution in [2.45, 2.75) is 45.1 Å². The number of hydrogen-bond acceptors (Lipinski definition) is 2. The van der Waals surface area contributed by atoms with E-state index in [4.69, 9.17) is 4.74 Å². The second-order valence-electron chi connectivity index (χ2n) is 6.56. The Morgan fingerprint density at radius 3 is 2.57 bits per heavy atom. The minimum absolute atomic E-state index is 0.0522. The number of benzene rings is 1. The third-order valence-electron chi connectivity index (χ3n) is 5.65. The minimum atomic E-state index is -0.0522. The first-order chi connectivity index (χ1) is 10.1. The molecular weight excluding hydrogens is 262 g/mol. The van der Waals surface area contributed by atoms with Crippen LogP contribution in [0.3, 0.4) is 0 Å². The molecule has 0 unspecified atom stereocenters. The first-order valence-corrected chi connectivity index (χ1v) is 8.07. The van der Waals surface area contributed by atoms with Gasteiger partial charge in [0.1, 0.15) is 0 Å². The van der Waals surface area contributed by atoms with Crippen molar-refractivity contribution < 1.29 is 9.53 Å². The van der Waals surface area contributed by atoms with Crippen molar-refractivity contribution >= 4 is 5.91 Å². The molecule has 0 N–H and O–H groups in total. The van der Waals surface area contributed by atoms with Gasteiger partial charge in [0.05, 0.1) is 5.92 Å². The maximum Gasteiger partial charge on any atom is 0.230 e. The molecule has 3 heteroatoms. The normalized spacial score (nSPS) is 26.0. The molecule has 1 amide bonds. The van der Waals surface area contributed by atoms with Crippen LogP contribution in [0.2, 0.25) is 0 Å². The first-order valence-electron chi connectivity index (χ1n) is 8.07. The molecule has 0 aliphatic carbocycles. The zero-order valence-electron chi connectivity index (χ0n) is 13.0. The molecule has 3 nitrogen and oxygen atoms in total. The van der Waals surface area contributed by atoms with Gasteiger partial charge in [-0.15, -0.1) is 0 Å². The summed E-state index contributed by atoms with van der Waals surface area (Å²) >= 11 is 0. The largest absolute Gasteiger partial charge is 0.381 e. The van der Waals surface area contributed by atoms with Crippen molar-refractivity contribution in [3.8, 4) is 0 Å². The van der Waals surface area contributed by atoms with Crippen LogP contribution >= 0.6 is 0 Å². The number of rotatable bonds is 2. The predicted octanol–water partition coefficient (Wildman–Crippen LogP) is 3.21. The second kappa shape index (κ2) is 5.80. The Kier molecular flexibility index (Phi) is 4.03. The van der Waals surface area contributed by atoms with Gasteiger partial charge in [-0.1, -0.05) is 30.3 Å². The van der Waals surface area contributed by atoms with Crippen LogP contribution in [0.4, 0.5) is 0 Å². The Bertz CT molecular complexity index is 493. The van der Waals surface area contributed by atoms with E-state index < -0.39 is 0 Å². The molecule has 2 aliphatic heterocycles. The van der Waals surface area contributed by atoms with E-state index in [0.29, 0.717) is 11.5 Å². The van der Waals surface area contributed by atoms with Crippen molar-refractivity contribution in [3.63, 3.8) is 0 Å². The highest BCUT2D eigenvalue weighted by atomic mass is 16.5. The molecule has 1 aromatic carbocycles. The lowest BCUT2D eigenvalue weighted by Gasteiger charge is -2.39. The molecule has 0 radical (unpaired) electrons. The van der Waals surface area contributed by atoms with Gasteiger partial charge in [0.15, 0.2) is 0 Å². The molecule has 2 heterocycles. The predicted molar refractivity (Wildman–Crippen MR) is 83.1 cm³/mol. The van der Waals surface area contributed by atoms with E-state index in [-0.39, 0.29) is 11.8 Å². The molecule has 3 rings (SSSR count). The van der Waals surface area contributed by atoms with Gasteiger partial charge in [-0.25, -0.2) is 0 Å². The second-order valence-corrected chi connectivity index (χ2v) is 6.56. The summed E-state index contributed by atoms with van der Waals surface area (Å²) in [5.74, 6) is 0.223. The van der Waals surface area contributed by atoms with Crippen LogP contribution in [0, 0.1) is 5.41 Å². The fourth-order valence-electron chi connectivity index (χ4n) is 3.96. The summed E-state index contributed by atoms with van der Waals surface area (Å²) < 4.78 is 5.51. The summed E-state index contributed by atoms with van der Waals surface area (Å²) in [6.45, 7) is 6.85. The molecule has 0 bridgehead atoms. The Hall–Kier alpha value is -1.35. The molecule has 21 heavy (non-hydrogen) atoms. The van der Waals surface area contributed by atoms with Crippen molar-refractivity contribution in [1.82, 2.24) is 4.90 Å². The van der Waals surface area contributed by atoms with Crippen molar-refractivity contribution in [1.29, 1.82) is 0 Å². The van der Waals surface area contributed by atoms with Crippen LogP contribution in [-0.4, -0.2) is 36.6 Å². The molecule has 2 aliphatic rings. The summed E-state index contributed by atoms with van der Waals surface area (Å²) in [6.07, 6.45) is 3.32. The van der Waals surface area contributed by atoms with Crippen LogP contribution in [0.1, 0.15) is 44.6 Å². The van der Waals surface area contributed by atoms with Crippen LogP contribution in [0.15, 0.2) is 30.3 Å². The van der Waals surface area contributed by atoms with E-state index in [1.165, 1.54) is 0 Å². The van der Waals surface area contributed by atoms with Crippen LogP contribution in [0.25, 0.3) is 0 Å². The highest BCUT2D eigenvalue weighted by Crippen LogP contribution is 2.45. The van der Waals surface area contributed by atoms with E-state index in [1.807, 2.05) is 37.3 Å². The minimum Gasteiger partial charge on any atom is -0.381 e. The highest BCUT2D eigenvalue weighted by molar-refractivity contribution is 5.84. The standard InChI is InChI=1S/C18H25NO2/c1-14(16-6-4-3-5-7-16)17(20)19-11-8-18(15(19)2)9-12-21-13-10-18/h3-7,14-15H,8-13H2,1-2H3/t14-,15-/m0/s1. The molecule has 1 aromatic rings. The summed E-state index contributed by atoms with van der Waals surface area (Å²) in [6, 6.07) is 10.4. The van der Waals surface area contributed by atoms with E-state index in [0.717, 1.165) is 44.6 Å². The summed E-state index contributed by atoms with van der Waals surface area (Å²) in [5, 5.41) is 0. The quantitative estimate of drug-likeness (QED) is 0.836. The monoisotopic (exact) mass is 287 g/mol. The average molecular weight is 287 g/mol. The molecule has 2 fully saturated rings. The Morgan fingerprint density at radius 2 is 1.90 bits per heavy atom. The number of carbonyl (C=O) groups is 1. The number of likely N-dealkylation sites (tertiary alicyclic amines) is 1. The van der Waals surface area contributed by atoms with Gasteiger partial charge < -0.3 is 9.64 Å². The van der Waals surface area contributed by atoms with Crippen LogP contribution < -0.4 is 0 Å². The van der Waals surface area contributed by atoms with Gasteiger partial charge in [0.25, 0.3) is 0 Å². The Labute approximate surface area is 127 Å². The fourth-order valence-corrected chi connectivity index (χ4v) is 3.96. The SMILES string of the molecule is C[C@H](C(=O)N1CCC2(CCOCC2)[C@@H]1C)c1ccccc1. The van der Waals surface area contributed by atoms with E-state index in [1.54, 1.807) is 0 Å². The van der Waals surface area contributed by atoms with E-state index in [2.05, 4.69) is 11.8 Å². The van der Waals surface area contributed by atoms with Crippen LogP contribution in [-0.2, 0) is 9.53 Å². The van der Waals surface area contributed by atoms with Gasteiger partial charge in [0.2, 0.25) is 5.91 Å². The molecule has 2 saturated heterocycles. The molecule has 0 aromatic heterocycles. The topological polar surface area (TPSA) is 29.5 Å². The van der Waals surface area contributed by atoms with Crippen molar-refractivity contribution in [3.05, 3.63) is 35.9 Å². The van der Waals surface area contributed by atoms with E-state index >= 15 is 0 Å². The molecule has 2 atom stereocenters. The Morgan fingerprint density at radius 1 is 1.24 bits per heavy atom. The van der Waals surface area contributed by atoms with Gasteiger partial charge >= 0.3 is 0 Å². The smallest absolute Gasteiger partial charge is 0.230 e. The zero-order chi connectivity index (χ0) is 14.9. The number of carbonyl (C=O) groups excluding carboxylic acids is 1. The number of nitrogens with zero attached hydrogens (tertiary/aromatic N) is 1. The average Bonchev–Trinajstić information content (AvgIpc) is 2.84. The van der Waals surface area contributed by atoms with E-state index in [9.17, 15) is 4.79 Å². The van der Waals surface area contributed by atoms with Crippen molar-refractivity contribution in [2.24, 2.45) is 5.41 Å². The summed E-state index contributed by atoms with van der Waals surface area (Å²) in [4.78, 5) is 15.0. The number of ether oxygens (including phenoxy) is 1. The summed E-state index contributed by atoms with van der Waals surface area (Å²) in [7, 11) is 0. The van der Waals surface area contributed by atoms with Gasteiger partial charge in [-0.2, -0.15) is 0 Å². The van der Waals surface area contributed by atoms with Gasteiger partial charge in [0, 0.05) is 25.8 Å². The zero-order valence-corrected chi connectivity index (χ0v) is 13.0. The maximum atomic E-state index is 12.9. The molecule has 1 spiro atoms. The Balaban J connectivity index is 1.74. The molecule has 0 saturated carbocycles.